The fraction of sp³-hybridized carbons (Fsp3) is 0.357. The van der Waals surface area contributed by atoms with Crippen LogP contribution in [0.15, 0.2) is 30.4 Å². The first-order chi connectivity index (χ1) is 9.58. The molecule has 1 aliphatic rings. The highest BCUT2D eigenvalue weighted by atomic mass is 16.6. The van der Waals surface area contributed by atoms with Crippen molar-refractivity contribution in [1.82, 2.24) is 5.32 Å². The van der Waals surface area contributed by atoms with Gasteiger partial charge in [0.25, 0.3) is 11.6 Å². The number of nitro groups is 1. The highest BCUT2D eigenvalue weighted by Crippen LogP contribution is 2.23. The summed E-state index contributed by atoms with van der Waals surface area (Å²) in [5.41, 5.74) is -0.412. The molecular formula is C14H16N2O4. The maximum Gasteiger partial charge on any atom is 0.282 e. The lowest BCUT2D eigenvalue weighted by Gasteiger charge is -2.18. The molecule has 0 aliphatic heterocycles. The molecule has 0 saturated carbocycles. The zero-order valence-corrected chi connectivity index (χ0v) is 10.9. The zero-order chi connectivity index (χ0) is 14.5. The molecule has 0 bridgehead atoms. The second-order valence-electron chi connectivity index (χ2n) is 4.82. The Hall–Kier alpha value is -2.37. The summed E-state index contributed by atoms with van der Waals surface area (Å²) >= 11 is 0. The number of carbonyl (C=O) groups excluding carboxylic acids is 1. The number of hydrogen-bond donors (Lipinski definition) is 2. The van der Waals surface area contributed by atoms with Crippen molar-refractivity contribution in [3.8, 4) is 5.75 Å². The van der Waals surface area contributed by atoms with Gasteiger partial charge in [-0.1, -0.05) is 12.2 Å². The first-order valence-electron chi connectivity index (χ1n) is 6.48. The third kappa shape index (κ3) is 3.34. The number of rotatable bonds is 4. The van der Waals surface area contributed by atoms with Crippen LogP contribution in [-0.4, -0.2) is 22.5 Å². The second-order valence-corrected chi connectivity index (χ2v) is 4.82. The second kappa shape index (κ2) is 6.18. The number of nitrogens with one attached hydrogen (secondary N) is 1. The number of aromatic hydroxyl groups is 1. The van der Waals surface area contributed by atoms with Crippen LogP contribution in [-0.2, 0) is 0 Å². The van der Waals surface area contributed by atoms with Crippen molar-refractivity contribution in [2.75, 3.05) is 6.54 Å². The van der Waals surface area contributed by atoms with E-state index in [0.29, 0.717) is 12.5 Å². The van der Waals surface area contributed by atoms with Crippen molar-refractivity contribution < 1.29 is 14.8 Å². The summed E-state index contributed by atoms with van der Waals surface area (Å²) < 4.78 is 0. The predicted octanol–water partition coefficient (Wildman–Crippen LogP) is 2.39. The van der Waals surface area contributed by atoms with Gasteiger partial charge in [-0.3, -0.25) is 14.9 Å². The van der Waals surface area contributed by atoms with Gasteiger partial charge < -0.3 is 10.4 Å². The number of carbonyl (C=O) groups is 1. The number of benzene rings is 1. The van der Waals surface area contributed by atoms with Crippen molar-refractivity contribution in [2.24, 2.45) is 5.92 Å². The number of phenols is 1. The molecule has 1 atom stereocenters. The van der Waals surface area contributed by atoms with Crippen LogP contribution in [0.4, 0.5) is 5.69 Å². The molecule has 0 spiro atoms. The lowest BCUT2D eigenvalue weighted by atomic mass is 9.94. The van der Waals surface area contributed by atoms with Gasteiger partial charge in [0.05, 0.1) is 4.92 Å². The van der Waals surface area contributed by atoms with Crippen molar-refractivity contribution in [1.29, 1.82) is 0 Å². The molecule has 0 aromatic heterocycles. The molecule has 1 aromatic rings. The zero-order valence-electron chi connectivity index (χ0n) is 10.9. The molecule has 0 radical (unpaired) electrons. The smallest absolute Gasteiger partial charge is 0.282 e. The molecule has 2 rings (SSSR count). The monoisotopic (exact) mass is 276 g/mol. The minimum atomic E-state index is -0.627. The molecule has 6 heteroatoms. The molecule has 0 fully saturated rings. The third-order valence-corrected chi connectivity index (χ3v) is 3.35. The van der Waals surface area contributed by atoms with E-state index >= 15 is 0 Å². The van der Waals surface area contributed by atoms with Gasteiger partial charge in [-0.15, -0.1) is 0 Å². The Labute approximate surface area is 116 Å². The summed E-state index contributed by atoms with van der Waals surface area (Å²) in [5.74, 6) is -0.330. The quantitative estimate of drug-likeness (QED) is 0.501. The summed E-state index contributed by atoms with van der Waals surface area (Å²) in [6.07, 6.45) is 7.09. The molecule has 20 heavy (non-hydrogen) atoms. The van der Waals surface area contributed by atoms with Gasteiger partial charge in [0.15, 0.2) is 0 Å². The lowest BCUT2D eigenvalue weighted by molar-refractivity contribution is -0.385. The molecule has 2 N–H and O–H groups in total. The van der Waals surface area contributed by atoms with Gasteiger partial charge in [0, 0.05) is 12.6 Å². The number of nitrogens with zero attached hydrogens (tertiary/aromatic N) is 1. The maximum absolute atomic E-state index is 12.0. The predicted molar refractivity (Wildman–Crippen MR) is 73.6 cm³/mol. The Bertz CT molecular complexity index is 554. The van der Waals surface area contributed by atoms with E-state index in [1.807, 2.05) is 0 Å². The van der Waals surface area contributed by atoms with Crippen LogP contribution in [0.5, 0.6) is 5.75 Å². The fourth-order valence-corrected chi connectivity index (χ4v) is 2.24. The van der Waals surface area contributed by atoms with Crippen LogP contribution in [0.1, 0.15) is 29.6 Å². The van der Waals surface area contributed by atoms with Crippen molar-refractivity contribution >= 4 is 11.6 Å². The van der Waals surface area contributed by atoms with E-state index in [2.05, 4.69) is 17.5 Å². The first kappa shape index (κ1) is 14.0. The normalized spacial score (nSPS) is 17.7. The van der Waals surface area contributed by atoms with E-state index < -0.39 is 10.8 Å². The summed E-state index contributed by atoms with van der Waals surface area (Å²) in [4.78, 5) is 22.3. The molecule has 1 unspecified atom stereocenters. The number of hydrogen-bond acceptors (Lipinski definition) is 4. The standard InChI is InChI=1S/C14H16N2O4/c17-11-6-7-13(16(19)20)12(8-11)14(18)15-9-10-4-2-1-3-5-10/h1-2,6-8,10,17H,3-5,9H2,(H,15,18). The molecule has 1 aromatic carbocycles. The molecule has 0 heterocycles. The lowest BCUT2D eigenvalue weighted by Crippen LogP contribution is -2.30. The van der Waals surface area contributed by atoms with Gasteiger partial charge in [0.1, 0.15) is 11.3 Å². The minimum Gasteiger partial charge on any atom is -0.508 e. The molecule has 1 amide bonds. The number of phenolic OH excluding ortho intramolecular Hbond substituents is 1. The topological polar surface area (TPSA) is 92.5 Å². The fourth-order valence-electron chi connectivity index (χ4n) is 2.24. The molecule has 106 valence electrons. The Balaban J connectivity index is 2.06. The SMILES string of the molecule is O=C(NCC1CC=CCC1)c1cc(O)ccc1[N+](=O)[O-]. The van der Waals surface area contributed by atoms with E-state index in [0.717, 1.165) is 31.4 Å². The Kier molecular flexibility index (Phi) is 4.34. The first-order valence-corrected chi connectivity index (χ1v) is 6.48. The summed E-state index contributed by atoms with van der Waals surface area (Å²) in [6, 6.07) is 3.45. The Morgan fingerprint density at radius 3 is 2.90 bits per heavy atom. The van der Waals surface area contributed by atoms with Crippen LogP contribution < -0.4 is 5.32 Å². The highest BCUT2D eigenvalue weighted by Gasteiger charge is 2.21. The number of allylic oxidation sites excluding steroid dienone is 2. The number of amides is 1. The Morgan fingerprint density at radius 1 is 1.45 bits per heavy atom. The van der Waals surface area contributed by atoms with Gasteiger partial charge in [-0.05, 0) is 37.3 Å². The van der Waals surface area contributed by atoms with Gasteiger partial charge in [0.2, 0.25) is 0 Å². The van der Waals surface area contributed by atoms with E-state index in [1.165, 1.54) is 6.07 Å². The Morgan fingerprint density at radius 2 is 2.25 bits per heavy atom. The van der Waals surface area contributed by atoms with Crippen molar-refractivity contribution in [3.63, 3.8) is 0 Å². The van der Waals surface area contributed by atoms with Crippen LogP contribution in [0.25, 0.3) is 0 Å². The molecule has 6 nitrogen and oxygen atoms in total. The summed E-state index contributed by atoms with van der Waals surface area (Å²) in [5, 5.41) is 23.0. The van der Waals surface area contributed by atoms with Crippen molar-refractivity contribution in [2.45, 2.75) is 19.3 Å². The molecule has 1 aliphatic carbocycles. The van der Waals surface area contributed by atoms with Gasteiger partial charge in [-0.2, -0.15) is 0 Å². The van der Waals surface area contributed by atoms with Crippen LogP contribution in [0.3, 0.4) is 0 Å². The van der Waals surface area contributed by atoms with E-state index in [9.17, 15) is 20.0 Å². The average Bonchev–Trinajstić information content (AvgIpc) is 2.45. The largest absolute Gasteiger partial charge is 0.508 e. The number of nitro benzene ring substituents is 1. The van der Waals surface area contributed by atoms with E-state index in [1.54, 1.807) is 0 Å². The minimum absolute atomic E-state index is 0.110. The van der Waals surface area contributed by atoms with Crippen LogP contribution >= 0.6 is 0 Å². The summed E-state index contributed by atoms with van der Waals surface area (Å²) in [7, 11) is 0. The molecule has 0 saturated heterocycles. The van der Waals surface area contributed by atoms with Crippen LogP contribution in [0.2, 0.25) is 0 Å². The van der Waals surface area contributed by atoms with Crippen LogP contribution in [0, 0.1) is 16.0 Å². The van der Waals surface area contributed by atoms with Gasteiger partial charge in [-0.25, -0.2) is 0 Å². The van der Waals surface area contributed by atoms with E-state index in [-0.39, 0.29) is 17.0 Å². The summed E-state index contributed by atoms with van der Waals surface area (Å²) in [6.45, 7) is 0.482. The maximum atomic E-state index is 12.0. The molecular weight excluding hydrogens is 260 g/mol. The van der Waals surface area contributed by atoms with Crippen molar-refractivity contribution in [3.05, 3.63) is 46.0 Å². The van der Waals surface area contributed by atoms with E-state index in [4.69, 9.17) is 0 Å². The third-order valence-electron chi connectivity index (χ3n) is 3.35. The average molecular weight is 276 g/mol. The highest BCUT2D eigenvalue weighted by molar-refractivity contribution is 5.98. The van der Waals surface area contributed by atoms with Gasteiger partial charge >= 0.3 is 0 Å².